The Morgan fingerprint density at radius 1 is 1.11 bits per heavy atom. The number of nitrogens with one attached hydrogen (secondary N) is 1. The molecule has 0 amide bonds. The molecule has 0 spiro atoms. The number of hydrogen-bond acceptors (Lipinski definition) is 3. The summed E-state index contributed by atoms with van der Waals surface area (Å²) >= 11 is 6.17. The molecule has 0 fully saturated rings. The molecule has 1 heterocycles. The lowest BCUT2D eigenvalue weighted by molar-refractivity contribution is 0.853. The summed E-state index contributed by atoms with van der Waals surface area (Å²) in [6, 6.07) is 9.80. The van der Waals surface area contributed by atoms with Crippen LogP contribution in [0.25, 0.3) is 0 Å². The van der Waals surface area contributed by atoms with Gasteiger partial charge in [0.15, 0.2) is 0 Å². The minimum Gasteiger partial charge on any atom is -0.348 e. The second kappa shape index (κ2) is 5.36. The molecular formula is C14H16ClN3. The highest BCUT2D eigenvalue weighted by atomic mass is 35.5. The van der Waals surface area contributed by atoms with Crippen LogP contribution in [0.15, 0.2) is 30.3 Å². The molecule has 0 saturated carbocycles. The molecule has 0 saturated heterocycles. The van der Waals surface area contributed by atoms with Gasteiger partial charge in [-0.25, -0.2) is 9.97 Å². The third kappa shape index (κ3) is 2.99. The van der Waals surface area contributed by atoms with E-state index in [1.165, 1.54) is 0 Å². The molecule has 0 unspecified atom stereocenters. The van der Waals surface area contributed by atoms with Crippen molar-refractivity contribution in [3.05, 3.63) is 52.3 Å². The lowest BCUT2D eigenvalue weighted by atomic mass is 10.1. The first-order valence-electron chi connectivity index (χ1n) is 5.89. The van der Waals surface area contributed by atoms with E-state index < -0.39 is 0 Å². The molecule has 0 aliphatic heterocycles. The Morgan fingerprint density at radius 2 is 1.72 bits per heavy atom. The second-order valence-electron chi connectivity index (χ2n) is 4.36. The highest BCUT2D eigenvalue weighted by Crippen LogP contribution is 2.24. The zero-order valence-corrected chi connectivity index (χ0v) is 11.5. The van der Waals surface area contributed by atoms with Crippen LogP contribution in [0, 0.1) is 13.8 Å². The molecule has 2 rings (SSSR count). The number of hydrogen-bond donors (Lipinski definition) is 1. The van der Waals surface area contributed by atoms with Gasteiger partial charge in [-0.3, -0.25) is 0 Å². The molecule has 0 bridgehead atoms. The molecule has 4 heteroatoms. The van der Waals surface area contributed by atoms with Crippen LogP contribution >= 0.6 is 11.6 Å². The quantitative estimate of drug-likeness (QED) is 0.910. The number of benzene rings is 1. The molecular weight excluding hydrogens is 246 g/mol. The molecule has 0 aliphatic rings. The van der Waals surface area contributed by atoms with Gasteiger partial charge in [-0.1, -0.05) is 29.8 Å². The fraction of sp³-hybridized carbons (Fsp3) is 0.286. The fourth-order valence-electron chi connectivity index (χ4n) is 1.89. The molecule has 0 aliphatic carbocycles. The van der Waals surface area contributed by atoms with Gasteiger partial charge in [0.2, 0.25) is 5.95 Å². The van der Waals surface area contributed by atoms with Crippen LogP contribution in [0.5, 0.6) is 0 Å². The largest absolute Gasteiger partial charge is 0.348 e. The van der Waals surface area contributed by atoms with E-state index in [-0.39, 0.29) is 6.04 Å². The van der Waals surface area contributed by atoms with Gasteiger partial charge in [0, 0.05) is 16.4 Å². The number of rotatable bonds is 3. The Morgan fingerprint density at radius 3 is 2.33 bits per heavy atom. The topological polar surface area (TPSA) is 37.8 Å². The van der Waals surface area contributed by atoms with Crippen molar-refractivity contribution < 1.29 is 0 Å². The maximum atomic E-state index is 6.17. The van der Waals surface area contributed by atoms with E-state index in [9.17, 15) is 0 Å². The Kier molecular flexibility index (Phi) is 3.82. The minimum atomic E-state index is 0.0694. The van der Waals surface area contributed by atoms with Gasteiger partial charge < -0.3 is 5.32 Å². The van der Waals surface area contributed by atoms with Crippen molar-refractivity contribution in [1.29, 1.82) is 0 Å². The highest BCUT2D eigenvalue weighted by Gasteiger charge is 2.10. The summed E-state index contributed by atoms with van der Waals surface area (Å²) in [6.45, 7) is 5.96. The van der Waals surface area contributed by atoms with E-state index in [0.717, 1.165) is 22.0 Å². The lowest BCUT2D eigenvalue weighted by Crippen LogP contribution is -2.10. The number of halogens is 1. The smallest absolute Gasteiger partial charge is 0.223 e. The zero-order chi connectivity index (χ0) is 13.1. The summed E-state index contributed by atoms with van der Waals surface area (Å²) in [4.78, 5) is 8.73. The average Bonchev–Trinajstić information content (AvgIpc) is 2.27. The minimum absolute atomic E-state index is 0.0694. The normalized spacial score (nSPS) is 12.2. The number of anilines is 1. The van der Waals surface area contributed by atoms with E-state index in [4.69, 9.17) is 11.6 Å². The van der Waals surface area contributed by atoms with Crippen LogP contribution in [0.2, 0.25) is 5.02 Å². The van der Waals surface area contributed by atoms with Gasteiger partial charge in [0.05, 0.1) is 6.04 Å². The summed E-state index contributed by atoms with van der Waals surface area (Å²) in [7, 11) is 0. The zero-order valence-electron chi connectivity index (χ0n) is 10.7. The second-order valence-corrected chi connectivity index (χ2v) is 4.77. The summed E-state index contributed by atoms with van der Waals surface area (Å²) in [5.41, 5.74) is 2.95. The molecule has 2 aromatic rings. The van der Waals surface area contributed by atoms with Gasteiger partial charge >= 0.3 is 0 Å². The highest BCUT2D eigenvalue weighted by molar-refractivity contribution is 6.31. The van der Waals surface area contributed by atoms with Crippen LogP contribution in [-0.4, -0.2) is 9.97 Å². The van der Waals surface area contributed by atoms with Gasteiger partial charge in [-0.2, -0.15) is 0 Å². The van der Waals surface area contributed by atoms with Gasteiger partial charge in [0.1, 0.15) is 0 Å². The first-order valence-corrected chi connectivity index (χ1v) is 6.27. The molecule has 0 radical (unpaired) electrons. The summed E-state index contributed by atoms with van der Waals surface area (Å²) in [5.74, 6) is 0.639. The SMILES string of the molecule is Cc1cc(C)nc(N[C@@H](C)c2ccccc2Cl)n1. The van der Waals surface area contributed by atoms with Crippen LogP contribution in [-0.2, 0) is 0 Å². The van der Waals surface area contributed by atoms with Gasteiger partial charge in [-0.05, 0) is 38.5 Å². The molecule has 18 heavy (non-hydrogen) atoms. The Labute approximate surface area is 112 Å². The standard InChI is InChI=1S/C14H16ClN3/c1-9-8-10(2)17-14(16-9)18-11(3)12-6-4-5-7-13(12)15/h4-8,11H,1-3H3,(H,16,17,18)/t11-/m0/s1. The maximum absolute atomic E-state index is 6.17. The van der Waals surface area contributed by atoms with Crippen molar-refractivity contribution in [3.8, 4) is 0 Å². The van der Waals surface area contributed by atoms with E-state index >= 15 is 0 Å². The molecule has 3 nitrogen and oxygen atoms in total. The van der Waals surface area contributed by atoms with Crippen molar-refractivity contribution in [3.63, 3.8) is 0 Å². The lowest BCUT2D eigenvalue weighted by Gasteiger charge is -2.16. The third-order valence-corrected chi connectivity index (χ3v) is 3.04. The van der Waals surface area contributed by atoms with E-state index in [0.29, 0.717) is 5.95 Å². The van der Waals surface area contributed by atoms with Crippen molar-refractivity contribution in [1.82, 2.24) is 9.97 Å². The Bertz CT molecular complexity index is 534. The van der Waals surface area contributed by atoms with Crippen LogP contribution in [0.4, 0.5) is 5.95 Å². The summed E-state index contributed by atoms with van der Waals surface area (Å²) in [5, 5.41) is 4.03. The van der Waals surface area contributed by atoms with Crippen LogP contribution < -0.4 is 5.32 Å². The number of aromatic nitrogens is 2. The number of nitrogens with zero attached hydrogens (tertiary/aromatic N) is 2. The van der Waals surface area contributed by atoms with Gasteiger partial charge in [0.25, 0.3) is 0 Å². The van der Waals surface area contributed by atoms with Gasteiger partial charge in [-0.15, -0.1) is 0 Å². The summed E-state index contributed by atoms with van der Waals surface area (Å²) < 4.78 is 0. The predicted octanol–water partition coefficient (Wildman–Crippen LogP) is 3.92. The predicted molar refractivity (Wildman–Crippen MR) is 75.0 cm³/mol. The van der Waals surface area contributed by atoms with Crippen molar-refractivity contribution in [2.45, 2.75) is 26.8 Å². The van der Waals surface area contributed by atoms with Crippen LogP contribution in [0.1, 0.15) is 29.9 Å². The molecule has 1 aromatic heterocycles. The van der Waals surface area contributed by atoms with E-state index in [1.54, 1.807) is 0 Å². The fourth-order valence-corrected chi connectivity index (χ4v) is 2.19. The maximum Gasteiger partial charge on any atom is 0.223 e. The van der Waals surface area contributed by atoms with Crippen molar-refractivity contribution >= 4 is 17.5 Å². The third-order valence-electron chi connectivity index (χ3n) is 2.70. The van der Waals surface area contributed by atoms with E-state index in [2.05, 4.69) is 15.3 Å². The Balaban J connectivity index is 2.21. The molecule has 1 atom stereocenters. The average molecular weight is 262 g/mol. The summed E-state index contributed by atoms with van der Waals surface area (Å²) in [6.07, 6.45) is 0. The van der Waals surface area contributed by atoms with Crippen molar-refractivity contribution in [2.75, 3.05) is 5.32 Å². The first-order chi connectivity index (χ1) is 8.56. The number of aryl methyl sites for hydroxylation is 2. The molecule has 94 valence electrons. The first kappa shape index (κ1) is 12.8. The van der Waals surface area contributed by atoms with Crippen LogP contribution in [0.3, 0.4) is 0 Å². The van der Waals surface area contributed by atoms with E-state index in [1.807, 2.05) is 51.1 Å². The van der Waals surface area contributed by atoms with Crippen molar-refractivity contribution in [2.24, 2.45) is 0 Å². The molecule has 1 N–H and O–H groups in total. The Hall–Kier alpha value is -1.61. The monoisotopic (exact) mass is 261 g/mol. The molecule has 1 aromatic carbocycles.